The van der Waals surface area contributed by atoms with Gasteiger partial charge in [-0.25, -0.2) is 5.10 Å². The van der Waals surface area contributed by atoms with Gasteiger partial charge in [0.2, 0.25) is 0 Å². The van der Waals surface area contributed by atoms with Crippen LogP contribution in [0.4, 0.5) is 5.69 Å². The van der Waals surface area contributed by atoms with Gasteiger partial charge in [-0.3, -0.25) is 14.6 Å². The standard InChI is InChI=1S/C11H10N4O2/c1-15(8-3-2-6-12-7-8)11(17)9-4-5-10(16)14-13-9/h2-7H,1H3,(H,14,16). The van der Waals surface area contributed by atoms with Gasteiger partial charge in [0.15, 0.2) is 0 Å². The Morgan fingerprint density at radius 1 is 1.35 bits per heavy atom. The highest BCUT2D eigenvalue weighted by Gasteiger charge is 2.14. The lowest BCUT2D eigenvalue weighted by Crippen LogP contribution is -2.28. The van der Waals surface area contributed by atoms with E-state index in [-0.39, 0.29) is 17.2 Å². The Bertz CT molecular complexity index is 559. The molecule has 0 spiro atoms. The Balaban J connectivity index is 2.26. The van der Waals surface area contributed by atoms with Crippen molar-refractivity contribution in [1.82, 2.24) is 15.2 Å². The van der Waals surface area contributed by atoms with Gasteiger partial charge in [-0.15, -0.1) is 0 Å². The molecule has 0 aliphatic rings. The number of amides is 1. The SMILES string of the molecule is CN(C(=O)c1ccc(=O)[nH]n1)c1cccnc1. The second kappa shape index (κ2) is 4.56. The number of nitrogens with one attached hydrogen (secondary N) is 1. The van der Waals surface area contributed by atoms with E-state index in [2.05, 4.69) is 15.2 Å². The first kappa shape index (κ1) is 11.0. The lowest BCUT2D eigenvalue weighted by atomic mass is 10.3. The summed E-state index contributed by atoms with van der Waals surface area (Å²) >= 11 is 0. The number of anilines is 1. The predicted octanol–water partition coefficient (Wildman–Crippen LogP) is 0.441. The molecule has 6 nitrogen and oxygen atoms in total. The highest BCUT2D eigenvalue weighted by molar-refractivity contribution is 6.04. The highest BCUT2D eigenvalue weighted by atomic mass is 16.2. The van der Waals surface area contributed by atoms with Crippen LogP contribution in [0.2, 0.25) is 0 Å². The van der Waals surface area contributed by atoms with E-state index in [0.29, 0.717) is 5.69 Å². The number of carbonyl (C=O) groups is 1. The lowest BCUT2D eigenvalue weighted by Gasteiger charge is -2.15. The molecular formula is C11H10N4O2. The zero-order valence-corrected chi connectivity index (χ0v) is 9.12. The van der Waals surface area contributed by atoms with Crippen LogP contribution in [0.5, 0.6) is 0 Å². The smallest absolute Gasteiger partial charge is 0.278 e. The van der Waals surface area contributed by atoms with Crippen LogP contribution in [0.1, 0.15) is 10.5 Å². The number of aromatic amines is 1. The van der Waals surface area contributed by atoms with Crippen LogP contribution in [-0.4, -0.2) is 28.1 Å². The second-order valence-corrected chi connectivity index (χ2v) is 3.38. The van der Waals surface area contributed by atoms with Gasteiger partial charge >= 0.3 is 0 Å². The molecule has 0 atom stereocenters. The van der Waals surface area contributed by atoms with Gasteiger partial charge in [0.05, 0.1) is 11.9 Å². The molecule has 0 aromatic carbocycles. The van der Waals surface area contributed by atoms with Crippen LogP contribution < -0.4 is 10.5 Å². The molecular weight excluding hydrogens is 220 g/mol. The molecule has 0 bridgehead atoms. The fourth-order valence-corrected chi connectivity index (χ4v) is 1.30. The van der Waals surface area contributed by atoms with E-state index in [1.54, 1.807) is 31.6 Å². The summed E-state index contributed by atoms with van der Waals surface area (Å²) in [5, 5.41) is 5.89. The van der Waals surface area contributed by atoms with Crippen molar-refractivity contribution >= 4 is 11.6 Å². The molecule has 6 heteroatoms. The molecule has 2 heterocycles. The Morgan fingerprint density at radius 2 is 2.18 bits per heavy atom. The van der Waals surface area contributed by atoms with E-state index in [4.69, 9.17) is 0 Å². The molecule has 2 aromatic heterocycles. The Hall–Kier alpha value is -2.50. The Labute approximate surface area is 96.9 Å². The van der Waals surface area contributed by atoms with Crippen molar-refractivity contribution in [2.24, 2.45) is 0 Å². The van der Waals surface area contributed by atoms with Crippen molar-refractivity contribution in [2.75, 3.05) is 11.9 Å². The Morgan fingerprint density at radius 3 is 2.76 bits per heavy atom. The van der Waals surface area contributed by atoms with Crippen LogP contribution in [-0.2, 0) is 0 Å². The van der Waals surface area contributed by atoms with Gasteiger partial charge in [-0.2, -0.15) is 5.10 Å². The number of carbonyl (C=O) groups excluding carboxylic acids is 1. The molecule has 0 unspecified atom stereocenters. The maximum Gasteiger partial charge on any atom is 0.278 e. The average Bonchev–Trinajstić information content (AvgIpc) is 2.39. The third-order valence-electron chi connectivity index (χ3n) is 2.24. The van der Waals surface area contributed by atoms with E-state index in [1.165, 1.54) is 17.0 Å². The van der Waals surface area contributed by atoms with Crippen molar-refractivity contribution in [3.63, 3.8) is 0 Å². The van der Waals surface area contributed by atoms with Gasteiger partial charge in [-0.1, -0.05) is 0 Å². The molecule has 86 valence electrons. The molecule has 0 saturated carbocycles. The van der Waals surface area contributed by atoms with Crippen molar-refractivity contribution in [2.45, 2.75) is 0 Å². The number of nitrogens with zero attached hydrogens (tertiary/aromatic N) is 3. The molecule has 0 saturated heterocycles. The van der Waals surface area contributed by atoms with Crippen LogP contribution in [0, 0.1) is 0 Å². The zero-order chi connectivity index (χ0) is 12.3. The molecule has 0 radical (unpaired) electrons. The van der Waals surface area contributed by atoms with Crippen LogP contribution in [0.3, 0.4) is 0 Å². The largest absolute Gasteiger partial charge is 0.309 e. The summed E-state index contributed by atoms with van der Waals surface area (Å²) in [7, 11) is 1.62. The summed E-state index contributed by atoms with van der Waals surface area (Å²) in [6.07, 6.45) is 3.20. The average molecular weight is 230 g/mol. The van der Waals surface area contributed by atoms with Crippen LogP contribution in [0.25, 0.3) is 0 Å². The Kier molecular flexibility index (Phi) is 2.95. The third kappa shape index (κ3) is 2.36. The van der Waals surface area contributed by atoms with Crippen molar-refractivity contribution in [1.29, 1.82) is 0 Å². The lowest BCUT2D eigenvalue weighted by molar-refractivity contribution is 0.0987. The fraction of sp³-hybridized carbons (Fsp3) is 0.0909. The number of H-pyrrole nitrogens is 1. The molecule has 0 aliphatic heterocycles. The maximum atomic E-state index is 12.0. The number of aromatic nitrogens is 3. The van der Waals surface area contributed by atoms with Gasteiger partial charge < -0.3 is 4.90 Å². The van der Waals surface area contributed by atoms with Gasteiger partial charge in [0.1, 0.15) is 5.69 Å². The van der Waals surface area contributed by atoms with Crippen molar-refractivity contribution in [3.8, 4) is 0 Å². The molecule has 1 amide bonds. The zero-order valence-electron chi connectivity index (χ0n) is 9.12. The molecule has 1 N–H and O–H groups in total. The number of pyridine rings is 1. The first-order valence-electron chi connectivity index (χ1n) is 4.92. The summed E-state index contributed by atoms with van der Waals surface area (Å²) < 4.78 is 0. The first-order chi connectivity index (χ1) is 8.18. The van der Waals surface area contributed by atoms with E-state index < -0.39 is 0 Å². The summed E-state index contributed by atoms with van der Waals surface area (Å²) in [5.41, 5.74) is 0.493. The minimum absolute atomic E-state index is 0.177. The third-order valence-corrected chi connectivity index (χ3v) is 2.24. The van der Waals surface area contributed by atoms with Crippen molar-refractivity contribution < 1.29 is 4.79 Å². The minimum atomic E-state index is -0.342. The topological polar surface area (TPSA) is 79.0 Å². The van der Waals surface area contributed by atoms with Gasteiger partial charge in [-0.05, 0) is 18.2 Å². The number of hydrogen-bond donors (Lipinski definition) is 1. The fourth-order valence-electron chi connectivity index (χ4n) is 1.30. The first-order valence-corrected chi connectivity index (χ1v) is 4.92. The molecule has 0 aliphatic carbocycles. The summed E-state index contributed by atoms with van der Waals surface area (Å²) in [6.45, 7) is 0. The predicted molar refractivity (Wildman–Crippen MR) is 61.8 cm³/mol. The minimum Gasteiger partial charge on any atom is -0.309 e. The number of hydrogen-bond acceptors (Lipinski definition) is 4. The summed E-state index contributed by atoms with van der Waals surface area (Å²) in [5.74, 6) is -0.311. The molecule has 0 fully saturated rings. The molecule has 2 aromatic rings. The highest BCUT2D eigenvalue weighted by Crippen LogP contribution is 2.11. The van der Waals surface area contributed by atoms with Crippen LogP contribution in [0.15, 0.2) is 41.5 Å². The molecule has 2 rings (SSSR count). The van der Waals surface area contributed by atoms with Crippen molar-refractivity contribution in [3.05, 3.63) is 52.7 Å². The monoisotopic (exact) mass is 230 g/mol. The normalized spacial score (nSPS) is 9.94. The van der Waals surface area contributed by atoms with E-state index in [9.17, 15) is 9.59 Å². The van der Waals surface area contributed by atoms with E-state index >= 15 is 0 Å². The molecule has 17 heavy (non-hydrogen) atoms. The maximum absolute atomic E-state index is 12.0. The van der Waals surface area contributed by atoms with E-state index in [1.807, 2.05) is 0 Å². The van der Waals surface area contributed by atoms with E-state index in [0.717, 1.165) is 0 Å². The van der Waals surface area contributed by atoms with Gasteiger partial charge in [0.25, 0.3) is 11.5 Å². The van der Waals surface area contributed by atoms with Gasteiger partial charge in [0, 0.05) is 19.3 Å². The summed E-state index contributed by atoms with van der Waals surface area (Å²) in [4.78, 5) is 28.1. The van der Waals surface area contributed by atoms with Crippen LogP contribution >= 0.6 is 0 Å². The second-order valence-electron chi connectivity index (χ2n) is 3.38. The summed E-state index contributed by atoms with van der Waals surface area (Å²) in [6, 6.07) is 6.14. The number of rotatable bonds is 2. The quantitative estimate of drug-likeness (QED) is 0.812.